The van der Waals surface area contributed by atoms with E-state index in [4.69, 9.17) is 22.7 Å². The van der Waals surface area contributed by atoms with Crippen LogP contribution in [-0.2, 0) is 4.74 Å². The molecule has 0 saturated carbocycles. The summed E-state index contributed by atoms with van der Waals surface area (Å²) in [7, 11) is 0. The topological polar surface area (TPSA) is 81.4 Å². The number of ketones is 1. The number of esters is 1. The molecule has 3 N–H and O–H groups in total. The molecule has 0 amide bonds. The van der Waals surface area contributed by atoms with E-state index in [1.807, 2.05) is 6.07 Å². The van der Waals surface area contributed by atoms with Crippen molar-refractivity contribution in [3.8, 4) is 0 Å². The summed E-state index contributed by atoms with van der Waals surface area (Å²) < 4.78 is 5.01. The predicted molar refractivity (Wildman–Crippen MR) is 87.9 cm³/mol. The maximum absolute atomic E-state index is 11.9. The summed E-state index contributed by atoms with van der Waals surface area (Å²) in [6, 6.07) is 15.1. The largest absolute Gasteiger partial charge is 0.454 e. The third-order valence-electron chi connectivity index (χ3n) is 2.82. The van der Waals surface area contributed by atoms with Crippen LogP contribution in [0.4, 0.5) is 5.69 Å². The summed E-state index contributed by atoms with van der Waals surface area (Å²) in [6.45, 7) is -0.296. The lowest BCUT2D eigenvalue weighted by atomic mass is 10.1. The summed E-state index contributed by atoms with van der Waals surface area (Å²) in [5, 5.41) is 2.89. The first-order chi connectivity index (χ1) is 10.6. The molecule has 0 radical (unpaired) electrons. The lowest BCUT2D eigenvalue weighted by molar-refractivity contribution is 0.0475. The van der Waals surface area contributed by atoms with Gasteiger partial charge in [0.05, 0.1) is 5.56 Å². The number of hydrogen-bond acceptors (Lipinski definition) is 4. The molecule has 0 atom stereocenters. The summed E-state index contributed by atoms with van der Waals surface area (Å²) >= 11 is 4.72. The van der Waals surface area contributed by atoms with Crippen LogP contribution >= 0.6 is 12.2 Å². The fourth-order valence-corrected chi connectivity index (χ4v) is 1.87. The van der Waals surface area contributed by atoms with Crippen LogP contribution in [0.25, 0.3) is 0 Å². The second-order valence-corrected chi connectivity index (χ2v) is 4.87. The number of nitrogens with two attached hydrogens (primary N) is 1. The number of carbonyl (C=O) groups excluding carboxylic acids is 2. The molecule has 0 aliphatic heterocycles. The fraction of sp³-hybridized carbons (Fsp3) is 0.0625. The fourth-order valence-electron chi connectivity index (χ4n) is 1.75. The molecule has 2 rings (SSSR count). The van der Waals surface area contributed by atoms with Gasteiger partial charge in [0.1, 0.15) is 0 Å². The van der Waals surface area contributed by atoms with Crippen LogP contribution in [0.2, 0.25) is 0 Å². The number of nitrogens with one attached hydrogen (secondary N) is 1. The highest BCUT2D eigenvalue weighted by atomic mass is 32.1. The van der Waals surface area contributed by atoms with Gasteiger partial charge < -0.3 is 15.8 Å². The zero-order chi connectivity index (χ0) is 15.9. The minimum absolute atomic E-state index is 0.142. The Bertz CT molecular complexity index is 684. The Morgan fingerprint density at radius 1 is 1.00 bits per heavy atom. The molecule has 0 heterocycles. The van der Waals surface area contributed by atoms with Crippen molar-refractivity contribution in [3.05, 3.63) is 65.7 Å². The quantitative estimate of drug-likeness (QED) is 0.501. The van der Waals surface area contributed by atoms with E-state index in [-0.39, 0.29) is 17.5 Å². The Kier molecular flexibility index (Phi) is 5.21. The SMILES string of the molecule is NC(=S)Nc1ccc(C(=O)OCC(=O)c2ccccc2)cc1. The monoisotopic (exact) mass is 314 g/mol. The smallest absolute Gasteiger partial charge is 0.338 e. The molecule has 112 valence electrons. The van der Waals surface area contributed by atoms with Crippen molar-refractivity contribution >= 4 is 34.8 Å². The van der Waals surface area contributed by atoms with Gasteiger partial charge in [0, 0.05) is 11.3 Å². The number of anilines is 1. The first-order valence-electron chi connectivity index (χ1n) is 6.48. The van der Waals surface area contributed by atoms with Gasteiger partial charge in [-0.05, 0) is 36.5 Å². The van der Waals surface area contributed by atoms with Crippen molar-refractivity contribution in [3.63, 3.8) is 0 Å². The first-order valence-corrected chi connectivity index (χ1v) is 6.89. The third kappa shape index (κ3) is 4.39. The molecular formula is C16H14N2O3S. The Morgan fingerprint density at radius 2 is 1.64 bits per heavy atom. The molecule has 0 aliphatic carbocycles. The standard InChI is InChI=1S/C16H14N2O3S/c17-16(22)18-13-8-6-12(7-9-13)15(20)21-10-14(19)11-4-2-1-3-5-11/h1-9H,10H2,(H3,17,18,22). The summed E-state index contributed by atoms with van der Waals surface area (Å²) in [5.74, 6) is -0.813. The number of hydrogen-bond donors (Lipinski definition) is 2. The van der Waals surface area contributed by atoms with Gasteiger partial charge in [0.2, 0.25) is 0 Å². The van der Waals surface area contributed by atoms with Crippen molar-refractivity contribution in [2.45, 2.75) is 0 Å². The maximum Gasteiger partial charge on any atom is 0.338 e. The highest BCUT2D eigenvalue weighted by molar-refractivity contribution is 7.80. The minimum atomic E-state index is -0.564. The summed E-state index contributed by atoms with van der Waals surface area (Å²) in [5.41, 5.74) is 6.87. The normalized spacial score (nSPS) is 9.82. The summed E-state index contributed by atoms with van der Waals surface area (Å²) in [4.78, 5) is 23.7. The lowest BCUT2D eigenvalue weighted by Crippen LogP contribution is -2.19. The molecule has 6 heteroatoms. The highest BCUT2D eigenvalue weighted by Crippen LogP contribution is 2.10. The lowest BCUT2D eigenvalue weighted by Gasteiger charge is -2.06. The Balaban J connectivity index is 1.92. The van der Waals surface area contributed by atoms with E-state index in [2.05, 4.69) is 5.32 Å². The number of thiocarbonyl (C=S) groups is 1. The molecule has 5 nitrogen and oxygen atoms in total. The minimum Gasteiger partial charge on any atom is -0.454 e. The van der Waals surface area contributed by atoms with Gasteiger partial charge in [0.25, 0.3) is 0 Å². The molecule has 22 heavy (non-hydrogen) atoms. The van der Waals surface area contributed by atoms with Crippen LogP contribution in [0.5, 0.6) is 0 Å². The molecular weight excluding hydrogens is 300 g/mol. The Labute approximate surface area is 133 Å². The molecule has 0 spiro atoms. The van der Waals surface area contributed by atoms with Gasteiger partial charge in [-0.1, -0.05) is 30.3 Å². The number of ether oxygens (including phenoxy) is 1. The average Bonchev–Trinajstić information content (AvgIpc) is 2.53. The van der Waals surface area contributed by atoms with Gasteiger partial charge in [-0.15, -0.1) is 0 Å². The van der Waals surface area contributed by atoms with Crippen molar-refractivity contribution in [1.29, 1.82) is 0 Å². The third-order valence-corrected chi connectivity index (χ3v) is 2.92. The Morgan fingerprint density at radius 3 is 2.23 bits per heavy atom. The first kappa shape index (κ1) is 15.7. The van der Waals surface area contributed by atoms with Crippen LogP contribution in [0.1, 0.15) is 20.7 Å². The van der Waals surface area contributed by atoms with Gasteiger partial charge in [0.15, 0.2) is 17.5 Å². The van der Waals surface area contributed by atoms with E-state index in [1.165, 1.54) is 0 Å². The van der Waals surface area contributed by atoms with Crippen molar-refractivity contribution in [2.24, 2.45) is 5.73 Å². The average molecular weight is 314 g/mol. The van der Waals surface area contributed by atoms with E-state index < -0.39 is 5.97 Å². The maximum atomic E-state index is 11.9. The van der Waals surface area contributed by atoms with Crippen LogP contribution in [-0.4, -0.2) is 23.5 Å². The molecule has 0 fully saturated rings. The van der Waals surface area contributed by atoms with Gasteiger partial charge in [-0.2, -0.15) is 0 Å². The number of benzene rings is 2. The van der Waals surface area contributed by atoms with E-state index in [9.17, 15) is 9.59 Å². The van der Waals surface area contributed by atoms with Crippen LogP contribution < -0.4 is 11.1 Å². The molecule has 0 aromatic heterocycles. The number of carbonyl (C=O) groups is 2. The second kappa shape index (κ2) is 7.33. The van der Waals surface area contributed by atoms with Gasteiger partial charge >= 0.3 is 5.97 Å². The molecule has 0 unspecified atom stereocenters. The van der Waals surface area contributed by atoms with Crippen LogP contribution in [0.15, 0.2) is 54.6 Å². The van der Waals surface area contributed by atoms with Crippen molar-refractivity contribution in [2.75, 3.05) is 11.9 Å². The zero-order valence-electron chi connectivity index (χ0n) is 11.6. The molecule has 0 saturated heterocycles. The van der Waals surface area contributed by atoms with E-state index in [0.29, 0.717) is 16.8 Å². The number of Topliss-reactive ketones (excluding diaryl/α,β-unsaturated/α-hetero) is 1. The summed E-state index contributed by atoms with van der Waals surface area (Å²) in [6.07, 6.45) is 0. The van der Waals surface area contributed by atoms with Gasteiger partial charge in [-0.3, -0.25) is 4.79 Å². The van der Waals surface area contributed by atoms with Crippen LogP contribution in [0.3, 0.4) is 0 Å². The van der Waals surface area contributed by atoms with E-state index in [0.717, 1.165) is 0 Å². The van der Waals surface area contributed by atoms with Gasteiger partial charge in [-0.25, -0.2) is 4.79 Å². The zero-order valence-corrected chi connectivity index (χ0v) is 12.4. The Hall–Kier alpha value is -2.73. The number of rotatable bonds is 5. The second-order valence-electron chi connectivity index (χ2n) is 4.43. The van der Waals surface area contributed by atoms with E-state index in [1.54, 1.807) is 48.5 Å². The molecule has 0 bridgehead atoms. The highest BCUT2D eigenvalue weighted by Gasteiger charge is 2.11. The van der Waals surface area contributed by atoms with Crippen molar-refractivity contribution < 1.29 is 14.3 Å². The molecule has 2 aromatic rings. The van der Waals surface area contributed by atoms with Crippen LogP contribution in [0, 0.1) is 0 Å². The molecule has 2 aromatic carbocycles. The van der Waals surface area contributed by atoms with Crippen molar-refractivity contribution in [1.82, 2.24) is 0 Å². The van der Waals surface area contributed by atoms with E-state index >= 15 is 0 Å². The predicted octanol–water partition coefficient (Wildman–Crippen LogP) is 2.38. The molecule has 0 aliphatic rings.